The number of hydrogen-bond acceptors (Lipinski definition) is 18. The molecule has 0 aromatic heterocycles. The molecule has 11 N–H and O–H groups in total. The summed E-state index contributed by atoms with van der Waals surface area (Å²) < 4.78 is 35.1. The summed E-state index contributed by atoms with van der Waals surface area (Å²) in [6.45, 7) is 6.50. The second kappa shape index (κ2) is 15.6. The Morgan fingerprint density at radius 3 is 1.86 bits per heavy atom. The van der Waals surface area contributed by atoms with E-state index >= 15 is 0 Å². The molecule has 21 atom stereocenters. The summed E-state index contributed by atoms with van der Waals surface area (Å²) in [4.78, 5) is 14.1. The lowest BCUT2D eigenvalue weighted by atomic mass is 9.41. The summed E-state index contributed by atoms with van der Waals surface area (Å²) >= 11 is 0. The molecule has 56 heavy (non-hydrogen) atoms. The smallest absolute Gasteiger partial charge is 0.314 e. The van der Waals surface area contributed by atoms with Crippen LogP contribution >= 0.6 is 0 Å². The standard InChI is InChI=1S/C38H60O18/c1-16-11-37-9-5-20-35(2,7-4-8-36(20,3)34(50)55-32-28(48)26(46)23(43)18(13-40)52-32)21(37)6-10-38(16,15-37)56-33-29(49)30(24(44)19(14-41)53-33)54-31-27(47)25(45)22(42)17(12-39)51-31/h17-33,39-49H,1,4-15H2,2-3H3/t17?,18?,19?,20?,21?,22?,23?,24?,25?,26?,27?,28?,29?,30?,31?,32?,33?,35-,36-,37-,38-/m1/s1. The number of esters is 1. The normalized spacial score (nSPS) is 54.6. The van der Waals surface area contributed by atoms with E-state index in [4.69, 9.17) is 28.4 Å². The third-order valence-electron chi connectivity index (χ3n) is 15.0. The van der Waals surface area contributed by atoms with E-state index in [-0.39, 0.29) is 22.7 Å². The van der Waals surface area contributed by atoms with Crippen LogP contribution in [0.15, 0.2) is 12.2 Å². The summed E-state index contributed by atoms with van der Waals surface area (Å²) in [7, 11) is 0. The zero-order chi connectivity index (χ0) is 40.7. The molecule has 320 valence electrons. The van der Waals surface area contributed by atoms with Gasteiger partial charge in [0.15, 0.2) is 12.6 Å². The van der Waals surface area contributed by atoms with Crippen LogP contribution in [0.25, 0.3) is 0 Å². The summed E-state index contributed by atoms with van der Waals surface area (Å²) in [5.41, 5.74) is -1.72. The van der Waals surface area contributed by atoms with Gasteiger partial charge in [0.2, 0.25) is 6.29 Å². The molecule has 7 rings (SSSR count). The molecule has 0 amide bonds. The van der Waals surface area contributed by atoms with Crippen molar-refractivity contribution < 1.29 is 89.4 Å². The van der Waals surface area contributed by atoms with Gasteiger partial charge >= 0.3 is 5.97 Å². The molecular weight excluding hydrogens is 744 g/mol. The minimum atomic E-state index is -1.81. The van der Waals surface area contributed by atoms with Gasteiger partial charge < -0.3 is 84.6 Å². The van der Waals surface area contributed by atoms with Gasteiger partial charge in [-0.25, -0.2) is 0 Å². The minimum absolute atomic E-state index is 0.116. The Hall–Kier alpha value is -1.43. The van der Waals surface area contributed by atoms with Crippen LogP contribution in [0.3, 0.4) is 0 Å². The molecule has 1 spiro atoms. The van der Waals surface area contributed by atoms with E-state index in [0.717, 1.165) is 24.8 Å². The van der Waals surface area contributed by atoms with E-state index in [1.165, 1.54) is 0 Å². The fourth-order valence-corrected chi connectivity index (χ4v) is 12.0. The number of ether oxygens (including phenoxy) is 6. The van der Waals surface area contributed by atoms with Crippen molar-refractivity contribution in [1.29, 1.82) is 0 Å². The Kier molecular flexibility index (Phi) is 11.9. The molecule has 2 bridgehead atoms. The van der Waals surface area contributed by atoms with Crippen molar-refractivity contribution in [3.8, 4) is 0 Å². The van der Waals surface area contributed by atoms with Crippen LogP contribution in [0.5, 0.6) is 0 Å². The van der Waals surface area contributed by atoms with E-state index in [0.29, 0.717) is 38.5 Å². The van der Waals surface area contributed by atoms with E-state index in [1.807, 2.05) is 6.92 Å². The number of carbonyl (C=O) groups excluding carboxylic acids is 1. The van der Waals surface area contributed by atoms with Gasteiger partial charge in [-0.05, 0) is 86.5 Å². The van der Waals surface area contributed by atoms with Gasteiger partial charge in [0.05, 0.1) is 30.8 Å². The summed E-state index contributed by atoms with van der Waals surface area (Å²) in [6.07, 6.45) is -17.7. The number of aliphatic hydroxyl groups is 11. The molecule has 3 saturated heterocycles. The van der Waals surface area contributed by atoms with Crippen molar-refractivity contribution in [1.82, 2.24) is 0 Å². The van der Waals surface area contributed by atoms with Crippen LogP contribution in [0.1, 0.15) is 71.6 Å². The Balaban J connectivity index is 1.07. The van der Waals surface area contributed by atoms with Crippen LogP contribution in [0.4, 0.5) is 0 Å². The highest BCUT2D eigenvalue weighted by atomic mass is 16.7. The van der Waals surface area contributed by atoms with Gasteiger partial charge in [-0.1, -0.05) is 19.9 Å². The molecule has 18 nitrogen and oxygen atoms in total. The van der Waals surface area contributed by atoms with Gasteiger partial charge in [-0.3, -0.25) is 4.79 Å². The van der Waals surface area contributed by atoms with Gasteiger partial charge in [0, 0.05) is 0 Å². The van der Waals surface area contributed by atoms with Crippen LogP contribution < -0.4 is 0 Å². The lowest BCUT2D eigenvalue weighted by molar-refractivity contribution is -0.369. The van der Waals surface area contributed by atoms with E-state index in [9.17, 15) is 61.0 Å². The monoisotopic (exact) mass is 804 g/mol. The van der Waals surface area contributed by atoms with Crippen LogP contribution in [0.2, 0.25) is 0 Å². The molecule has 0 aromatic rings. The van der Waals surface area contributed by atoms with Crippen molar-refractivity contribution in [2.45, 2.75) is 169 Å². The van der Waals surface area contributed by atoms with Crippen LogP contribution in [-0.2, 0) is 33.2 Å². The minimum Gasteiger partial charge on any atom is -0.432 e. The molecule has 4 aliphatic carbocycles. The van der Waals surface area contributed by atoms with Gasteiger partial charge in [0.25, 0.3) is 0 Å². The van der Waals surface area contributed by atoms with E-state index in [1.54, 1.807) is 0 Å². The molecule has 3 heterocycles. The SMILES string of the molecule is C=C1C[C@@]23CCC4[C@@](C)(CCC[C@@]4(C)C(=O)OC4OC(CO)C(O)C(O)C4O)C2CC[C@@]1(OC1OC(CO)C(O)C(OC2OC(CO)C(O)C(O)C2O)C1O)C3. The second-order valence-corrected chi connectivity index (χ2v) is 18.0. The van der Waals surface area contributed by atoms with Crippen LogP contribution in [-0.4, -0.2) is 180 Å². The largest absolute Gasteiger partial charge is 0.432 e. The third kappa shape index (κ3) is 6.69. The third-order valence-corrected chi connectivity index (χ3v) is 15.0. The Labute approximate surface area is 324 Å². The molecule has 18 heteroatoms. The summed E-state index contributed by atoms with van der Waals surface area (Å²) in [5.74, 6) is -0.562. The quantitative estimate of drug-likeness (QED) is 0.0631. The maximum Gasteiger partial charge on any atom is 0.314 e. The first-order valence-electron chi connectivity index (χ1n) is 19.9. The van der Waals surface area contributed by atoms with Crippen molar-refractivity contribution in [3.63, 3.8) is 0 Å². The summed E-state index contributed by atoms with van der Waals surface area (Å²) in [6, 6.07) is 0. The van der Waals surface area contributed by atoms with Crippen molar-refractivity contribution in [2.24, 2.45) is 28.1 Å². The maximum atomic E-state index is 14.1. The van der Waals surface area contributed by atoms with Crippen molar-refractivity contribution in [2.75, 3.05) is 19.8 Å². The Morgan fingerprint density at radius 1 is 0.679 bits per heavy atom. The lowest BCUT2D eigenvalue weighted by Crippen LogP contribution is -2.65. The molecule has 17 unspecified atom stereocenters. The van der Waals surface area contributed by atoms with Gasteiger partial charge in [-0.15, -0.1) is 0 Å². The molecule has 0 aromatic carbocycles. The predicted octanol–water partition coefficient (Wildman–Crippen LogP) is -2.94. The van der Waals surface area contributed by atoms with E-state index < -0.39 is 129 Å². The topological polar surface area (TPSA) is 295 Å². The van der Waals surface area contributed by atoms with Gasteiger partial charge in [0.1, 0.15) is 73.2 Å². The second-order valence-electron chi connectivity index (χ2n) is 18.0. The average molecular weight is 805 g/mol. The fraction of sp³-hybridized carbons (Fsp3) is 0.921. The first-order valence-corrected chi connectivity index (χ1v) is 19.9. The summed E-state index contributed by atoms with van der Waals surface area (Å²) in [5, 5.41) is 114. The zero-order valence-corrected chi connectivity index (χ0v) is 31.8. The van der Waals surface area contributed by atoms with Gasteiger partial charge in [-0.2, -0.15) is 0 Å². The molecule has 7 fully saturated rings. The highest BCUT2D eigenvalue weighted by Gasteiger charge is 2.69. The number of aliphatic hydroxyl groups excluding tert-OH is 11. The molecule has 7 aliphatic rings. The highest BCUT2D eigenvalue weighted by Crippen LogP contribution is 2.73. The zero-order valence-electron chi connectivity index (χ0n) is 31.8. The first kappa shape index (κ1) is 42.7. The number of carbonyl (C=O) groups is 1. The average Bonchev–Trinajstić information content (AvgIpc) is 3.37. The highest BCUT2D eigenvalue weighted by molar-refractivity contribution is 5.77. The number of rotatable bonds is 9. The maximum absolute atomic E-state index is 14.1. The Bertz CT molecular complexity index is 1450. The lowest BCUT2D eigenvalue weighted by Gasteiger charge is -2.64. The Morgan fingerprint density at radius 2 is 1.23 bits per heavy atom. The molecule has 3 aliphatic heterocycles. The van der Waals surface area contributed by atoms with Crippen molar-refractivity contribution >= 4 is 5.97 Å². The van der Waals surface area contributed by atoms with Crippen LogP contribution in [0, 0.1) is 28.1 Å². The molecular formula is C38H60O18. The predicted molar refractivity (Wildman–Crippen MR) is 186 cm³/mol. The fourth-order valence-electron chi connectivity index (χ4n) is 12.0. The number of hydrogen-bond donors (Lipinski definition) is 11. The molecule has 4 saturated carbocycles. The number of fused-ring (bicyclic) bond motifs is 3. The van der Waals surface area contributed by atoms with Crippen molar-refractivity contribution in [3.05, 3.63) is 12.2 Å². The van der Waals surface area contributed by atoms with E-state index in [2.05, 4.69) is 13.5 Å². The molecule has 0 radical (unpaired) electrons. The first-order chi connectivity index (χ1) is 26.4.